The zero-order valence-electron chi connectivity index (χ0n) is 4.62. The first-order valence-corrected chi connectivity index (χ1v) is 3.18. The molecule has 0 aromatic heterocycles. The molecule has 0 unspecified atom stereocenters. The summed E-state index contributed by atoms with van der Waals surface area (Å²) in [4.78, 5) is 0. The van der Waals surface area contributed by atoms with Crippen LogP contribution in [-0.2, 0) is 10.1 Å². The molecule has 3 nitrogen and oxygen atoms in total. The maximum absolute atomic E-state index is 9.60. The summed E-state index contributed by atoms with van der Waals surface area (Å²) >= 11 is 0. The first-order valence-electron chi connectivity index (χ1n) is 1.61. The average molecular weight is 144 g/mol. The summed E-state index contributed by atoms with van der Waals surface area (Å²) in [7, 11) is -4.04. The fourth-order valence-electron chi connectivity index (χ4n) is 0.144. The molecule has 0 saturated heterocycles. The van der Waals surface area contributed by atoms with Crippen molar-refractivity contribution in [1.29, 1.82) is 0 Å². The van der Waals surface area contributed by atoms with Crippen molar-refractivity contribution in [1.82, 2.24) is 0 Å². The standard InChI is InChI=1S/C3H6O3S.CH4.Li/c1-2-3-7(4,5)6;;/h2H,1,3H2,(H,4,5,6);1H4;/q;;+1/p-1. The summed E-state index contributed by atoms with van der Waals surface area (Å²) in [6.45, 7) is 3.07. The molecule has 0 aromatic rings. The van der Waals surface area contributed by atoms with Gasteiger partial charge < -0.3 is 4.55 Å². The van der Waals surface area contributed by atoms with Gasteiger partial charge in [0.1, 0.15) is 0 Å². The molecule has 0 atom stereocenters. The maximum atomic E-state index is 9.60. The van der Waals surface area contributed by atoms with Gasteiger partial charge in [0.2, 0.25) is 0 Å². The number of rotatable bonds is 2. The second kappa shape index (κ2) is 6.37. The van der Waals surface area contributed by atoms with Gasteiger partial charge in [-0.05, 0) is 0 Å². The van der Waals surface area contributed by atoms with Crippen molar-refractivity contribution < 1.29 is 31.8 Å². The summed E-state index contributed by atoms with van der Waals surface area (Å²) in [6.07, 6.45) is 1.06. The van der Waals surface area contributed by atoms with Crippen molar-refractivity contribution in [2.75, 3.05) is 5.75 Å². The van der Waals surface area contributed by atoms with Gasteiger partial charge >= 0.3 is 18.9 Å². The summed E-state index contributed by atoms with van der Waals surface area (Å²) in [5, 5.41) is 0. The molecule has 5 heteroatoms. The molecule has 0 bridgehead atoms. The second-order valence-corrected chi connectivity index (χ2v) is 2.46. The summed E-state index contributed by atoms with van der Waals surface area (Å²) in [6, 6.07) is 0. The minimum absolute atomic E-state index is 0. The smallest absolute Gasteiger partial charge is 0.748 e. The van der Waals surface area contributed by atoms with Gasteiger partial charge in [-0.1, -0.05) is 13.5 Å². The largest absolute Gasteiger partial charge is 1.00 e. The molecule has 50 valence electrons. The predicted octanol–water partition coefficient (Wildman–Crippen LogP) is -2.64. The molecule has 0 heterocycles. The molecule has 0 N–H and O–H groups in total. The molecular weight excluding hydrogens is 135 g/mol. The Labute approximate surface area is 68.1 Å². The van der Waals surface area contributed by atoms with E-state index in [1.54, 1.807) is 0 Å². The first kappa shape index (κ1) is 16.1. The molecule has 0 amide bonds. The van der Waals surface area contributed by atoms with Crippen LogP contribution in [0.1, 0.15) is 7.43 Å². The van der Waals surface area contributed by atoms with Crippen LogP contribution in [0.25, 0.3) is 0 Å². The average Bonchev–Trinajstić information content (AvgIpc) is 1.30. The van der Waals surface area contributed by atoms with Crippen LogP contribution in [0.5, 0.6) is 0 Å². The third kappa shape index (κ3) is 17.8. The Hall–Kier alpha value is 0.247. The zero-order chi connectivity index (χ0) is 5.91. The van der Waals surface area contributed by atoms with Crippen molar-refractivity contribution in [3.63, 3.8) is 0 Å². The van der Waals surface area contributed by atoms with Gasteiger partial charge in [-0.25, -0.2) is 8.42 Å². The molecule has 0 aliphatic heterocycles. The molecule has 9 heavy (non-hydrogen) atoms. The molecule has 0 spiro atoms. The topological polar surface area (TPSA) is 57.2 Å². The summed E-state index contributed by atoms with van der Waals surface area (Å²) < 4.78 is 28.8. The molecule has 0 aliphatic carbocycles. The van der Waals surface area contributed by atoms with Gasteiger partial charge in [0.25, 0.3) is 0 Å². The van der Waals surface area contributed by atoms with E-state index in [4.69, 9.17) is 0 Å². The Kier molecular flexibility index (Phi) is 11.4. The van der Waals surface area contributed by atoms with Crippen LogP contribution < -0.4 is 18.9 Å². The van der Waals surface area contributed by atoms with E-state index in [0.717, 1.165) is 6.08 Å². The third-order valence-corrected chi connectivity index (χ3v) is 0.966. The second-order valence-electron chi connectivity index (χ2n) is 1.01. The van der Waals surface area contributed by atoms with E-state index in [1.807, 2.05) is 0 Å². The van der Waals surface area contributed by atoms with Crippen molar-refractivity contribution in [3.8, 4) is 0 Å². The maximum Gasteiger partial charge on any atom is 1.00 e. The monoisotopic (exact) mass is 144 g/mol. The van der Waals surface area contributed by atoms with Crippen molar-refractivity contribution >= 4 is 10.1 Å². The van der Waals surface area contributed by atoms with Crippen molar-refractivity contribution in [3.05, 3.63) is 12.7 Å². The SMILES string of the molecule is C.C=CCS(=O)(=O)[O-].[Li+]. The zero-order valence-corrected chi connectivity index (χ0v) is 5.44. The van der Waals surface area contributed by atoms with E-state index in [-0.39, 0.29) is 26.3 Å². The fraction of sp³-hybridized carbons (Fsp3) is 0.500. The molecule has 0 rings (SSSR count). The van der Waals surface area contributed by atoms with E-state index >= 15 is 0 Å². The summed E-state index contributed by atoms with van der Waals surface area (Å²) in [5.74, 6) is -0.479. The number of hydrogen-bond acceptors (Lipinski definition) is 3. The van der Waals surface area contributed by atoms with Crippen molar-refractivity contribution in [2.45, 2.75) is 7.43 Å². The van der Waals surface area contributed by atoms with Crippen molar-refractivity contribution in [2.24, 2.45) is 0 Å². The van der Waals surface area contributed by atoms with E-state index in [9.17, 15) is 13.0 Å². The van der Waals surface area contributed by atoms with Gasteiger partial charge in [0.15, 0.2) is 0 Å². The van der Waals surface area contributed by atoms with Crippen LogP contribution >= 0.6 is 0 Å². The minimum atomic E-state index is -4.04. The first-order chi connectivity index (χ1) is 3.06. The fourth-order valence-corrected chi connectivity index (χ4v) is 0.433. The van der Waals surface area contributed by atoms with Crippen LogP contribution in [0.3, 0.4) is 0 Å². The van der Waals surface area contributed by atoms with Crippen LogP contribution in [0.4, 0.5) is 0 Å². The number of hydrogen-bond donors (Lipinski definition) is 0. The normalized spacial score (nSPS) is 8.56. The Balaban J connectivity index is -0.000000180. The van der Waals surface area contributed by atoms with Crippen LogP contribution in [0.15, 0.2) is 12.7 Å². The Morgan fingerprint density at radius 2 is 1.89 bits per heavy atom. The molecule has 0 radical (unpaired) electrons. The van der Waals surface area contributed by atoms with E-state index in [2.05, 4.69) is 6.58 Å². The van der Waals surface area contributed by atoms with E-state index in [1.165, 1.54) is 0 Å². The molecular formula is C4H9LiO3S. The molecule has 0 fully saturated rings. The molecule has 0 aromatic carbocycles. The van der Waals surface area contributed by atoms with Gasteiger partial charge in [-0.15, -0.1) is 6.58 Å². The van der Waals surface area contributed by atoms with Crippen LogP contribution in [0.2, 0.25) is 0 Å². The van der Waals surface area contributed by atoms with Gasteiger partial charge in [0, 0.05) is 0 Å². The third-order valence-electron chi connectivity index (χ3n) is 0.322. The van der Waals surface area contributed by atoms with Crippen LogP contribution in [0, 0.1) is 0 Å². The quantitative estimate of drug-likeness (QED) is 0.242. The molecule has 0 saturated carbocycles. The molecule has 0 aliphatic rings. The van der Waals surface area contributed by atoms with E-state index < -0.39 is 15.9 Å². The Morgan fingerprint density at radius 1 is 1.56 bits per heavy atom. The summed E-state index contributed by atoms with van der Waals surface area (Å²) in [5.41, 5.74) is 0. The van der Waals surface area contributed by atoms with E-state index in [0.29, 0.717) is 0 Å². The predicted molar refractivity (Wildman–Crippen MR) is 31.5 cm³/mol. The van der Waals surface area contributed by atoms with Gasteiger partial charge in [0.05, 0.1) is 15.9 Å². The van der Waals surface area contributed by atoms with Gasteiger partial charge in [-0.2, -0.15) is 0 Å². The van der Waals surface area contributed by atoms with Gasteiger partial charge in [-0.3, -0.25) is 0 Å². The Bertz CT molecular complexity index is 149. The Morgan fingerprint density at radius 3 is 1.89 bits per heavy atom. The van der Waals surface area contributed by atoms with Crippen LogP contribution in [-0.4, -0.2) is 18.7 Å². The minimum Gasteiger partial charge on any atom is -0.748 e.